The Morgan fingerprint density at radius 3 is 2.64 bits per heavy atom. The highest BCUT2D eigenvalue weighted by Gasteiger charge is 2.17. The van der Waals surface area contributed by atoms with Crippen molar-refractivity contribution in [2.45, 2.75) is 19.9 Å². The molecule has 0 bridgehead atoms. The number of methoxy groups -OCH3 is 1. The fourth-order valence-electron chi connectivity index (χ4n) is 1.17. The van der Waals surface area contributed by atoms with Gasteiger partial charge in [0, 0.05) is 6.54 Å². The molecule has 1 aromatic rings. The van der Waals surface area contributed by atoms with Gasteiger partial charge in [0.25, 0.3) is 6.43 Å². The van der Waals surface area contributed by atoms with Gasteiger partial charge in [-0.15, -0.1) is 0 Å². The lowest BCUT2D eigenvalue weighted by atomic mass is 10.2. The van der Waals surface area contributed by atoms with Crippen molar-refractivity contribution in [3.8, 4) is 5.75 Å². The van der Waals surface area contributed by atoms with Crippen molar-refractivity contribution < 1.29 is 13.5 Å². The van der Waals surface area contributed by atoms with Gasteiger partial charge in [-0.1, -0.05) is 0 Å². The second-order valence-corrected chi connectivity index (χ2v) is 2.84. The van der Waals surface area contributed by atoms with E-state index in [1.54, 1.807) is 6.92 Å². The Morgan fingerprint density at radius 1 is 1.57 bits per heavy atom. The second-order valence-electron chi connectivity index (χ2n) is 2.84. The molecule has 14 heavy (non-hydrogen) atoms. The summed E-state index contributed by atoms with van der Waals surface area (Å²) in [5.41, 5.74) is 6.25. The molecule has 0 saturated carbocycles. The number of pyridine rings is 1. The Bertz CT molecular complexity index is 329. The minimum Gasteiger partial charge on any atom is -0.495 e. The van der Waals surface area contributed by atoms with Gasteiger partial charge in [0.05, 0.1) is 12.8 Å². The van der Waals surface area contributed by atoms with Gasteiger partial charge >= 0.3 is 0 Å². The highest BCUT2D eigenvalue weighted by molar-refractivity contribution is 5.35. The minimum absolute atomic E-state index is 0.106. The lowest BCUT2D eigenvalue weighted by Gasteiger charge is -2.10. The van der Waals surface area contributed by atoms with Gasteiger partial charge in [0.1, 0.15) is 11.4 Å². The summed E-state index contributed by atoms with van der Waals surface area (Å²) in [7, 11) is 1.34. The normalized spacial score (nSPS) is 10.7. The standard InChI is InChI=1S/C9H12F2N2O/c1-5-3-7(14-2)8(9(10)11)13-6(5)4-12/h3,9H,4,12H2,1-2H3. The third-order valence-electron chi connectivity index (χ3n) is 1.93. The lowest BCUT2D eigenvalue weighted by molar-refractivity contribution is 0.141. The Hall–Kier alpha value is -1.23. The van der Waals surface area contributed by atoms with Crippen LogP contribution in [0.5, 0.6) is 5.75 Å². The average molecular weight is 202 g/mol. The summed E-state index contributed by atoms with van der Waals surface area (Å²) in [5.74, 6) is 0.106. The molecule has 5 heteroatoms. The third-order valence-corrected chi connectivity index (χ3v) is 1.93. The Balaban J connectivity index is 3.25. The molecule has 0 saturated heterocycles. The van der Waals surface area contributed by atoms with Gasteiger partial charge in [-0.3, -0.25) is 0 Å². The Morgan fingerprint density at radius 2 is 2.21 bits per heavy atom. The van der Waals surface area contributed by atoms with Crippen molar-refractivity contribution in [2.24, 2.45) is 5.73 Å². The molecule has 0 amide bonds. The summed E-state index contributed by atoms with van der Waals surface area (Å²) in [6, 6.07) is 1.52. The van der Waals surface area contributed by atoms with Gasteiger partial charge in [-0.25, -0.2) is 13.8 Å². The smallest absolute Gasteiger partial charge is 0.284 e. The SMILES string of the molecule is COc1cc(C)c(CN)nc1C(F)F. The van der Waals surface area contributed by atoms with E-state index in [2.05, 4.69) is 4.98 Å². The van der Waals surface area contributed by atoms with Crippen LogP contribution in [0.15, 0.2) is 6.07 Å². The number of aryl methyl sites for hydroxylation is 1. The van der Waals surface area contributed by atoms with E-state index in [9.17, 15) is 8.78 Å². The van der Waals surface area contributed by atoms with Gasteiger partial charge in [-0.2, -0.15) is 0 Å². The molecule has 0 radical (unpaired) electrons. The van der Waals surface area contributed by atoms with E-state index >= 15 is 0 Å². The number of alkyl halides is 2. The van der Waals surface area contributed by atoms with E-state index in [1.165, 1.54) is 13.2 Å². The first kappa shape index (κ1) is 10.8. The van der Waals surface area contributed by atoms with E-state index in [-0.39, 0.29) is 18.0 Å². The van der Waals surface area contributed by atoms with Crippen LogP contribution in [0.1, 0.15) is 23.4 Å². The molecule has 0 spiro atoms. The summed E-state index contributed by atoms with van der Waals surface area (Å²) >= 11 is 0. The number of ether oxygens (including phenoxy) is 1. The van der Waals surface area contributed by atoms with Crippen molar-refractivity contribution in [3.05, 3.63) is 23.0 Å². The Labute approximate surface area is 80.9 Å². The quantitative estimate of drug-likeness (QED) is 0.812. The van der Waals surface area contributed by atoms with Crippen molar-refractivity contribution in [2.75, 3.05) is 7.11 Å². The maximum atomic E-state index is 12.5. The van der Waals surface area contributed by atoms with Crippen LogP contribution in [0.25, 0.3) is 0 Å². The molecule has 78 valence electrons. The van der Waals surface area contributed by atoms with Crippen molar-refractivity contribution >= 4 is 0 Å². The predicted octanol–water partition coefficient (Wildman–Crippen LogP) is 1.79. The van der Waals surface area contributed by atoms with Crippen LogP contribution < -0.4 is 10.5 Å². The molecule has 0 aliphatic heterocycles. The fraction of sp³-hybridized carbons (Fsp3) is 0.444. The van der Waals surface area contributed by atoms with Crippen LogP contribution in [0.4, 0.5) is 8.78 Å². The van der Waals surface area contributed by atoms with Crippen molar-refractivity contribution in [3.63, 3.8) is 0 Å². The molecular formula is C9H12F2N2O. The molecule has 1 aromatic heterocycles. The minimum atomic E-state index is -2.64. The molecule has 0 atom stereocenters. The van der Waals surface area contributed by atoms with E-state index in [0.717, 1.165) is 5.56 Å². The van der Waals surface area contributed by atoms with E-state index in [0.29, 0.717) is 5.69 Å². The average Bonchev–Trinajstić information content (AvgIpc) is 2.16. The van der Waals surface area contributed by atoms with Gasteiger partial charge < -0.3 is 10.5 Å². The monoisotopic (exact) mass is 202 g/mol. The summed E-state index contributed by atoms with van der Waals surface area (Å²) in [4.78, 5) is 3.76. The fourth-order valence-corrected chi connectivity index (χ4v) is 1.17. The number of halogens is 2. The first-order chi connectivity index (χ1) is 6.60. The van der Waals surface area contributed by atoms with Crippen LogP contribution in [-0.4, -0.2) is 12.1 Å². The van der Waals surface area contributed by atoms with Gasteiger partial charge in [0.2, 0.25) is 0 Å². The summed E-state index contributed by atoms with van der Waals surface area (Å²) < 4.78 is 29.8. The Kier molecular flexibility index (Phi) is 3.35. The van der Waals surface area contributed by atoms with E-state index < -0.39 is 6.43 Å². The summed E-state index contributed by atoms with van der Waals surface area (Å²) in [6.07, 6.45) is -2.64. The zero-order valence-corrected chi connectivity index (χ0v) is 8.05. The topological polar surface area (TPSA) is 48.1 Å². The van der Waals surface area contributed by atoms with Gasteiger partial charge in [0.15, 0.2) is 0 Å². The third kappa shape index (κ3) is 1.98. The molecule has 0 unspecified atom stereocenters. The molecule has 1 heterocycles. The largest absolute Gasteiger partial charge is 0.495 e. The van der Waals surface area contributed by atoms with Crippen molar-refractivity contribution in [1.29, 1.82) is 0 Å². The maximum Gasteiger partial charge on any atom is 0.284 e. The molecule has 0 fully saturated rings. The molecule has 1 rings (SSSR count). The predicted molar refractivity (Wildman–Crippen MR) is 48.4 cm³/mol. The van der Waals surface area contributed by atoms with Crippen LogP contribution in [0.2, 0.25) is 0 Å². The van der Waals surface area contributed by atoms with Crippen LogP contribution >= 0.6 is 0 Å². The molecule has 0 aromatic carbocycles. The zero-order valence-electron chi connectivity index (χ0n) is 8.05. The summed E-state index contributed by atoms with van der Waals surface area (Å²) in [6.45, 7) is 1.91. The van der Waals surface area contributed by atoms with E-state index in [1.807, 2.05) is 0 Å². The highest BCUT2D eigenvalue weighted by Crippen LogP contribution is 2.28. The zero-order chi connectivity index (χ0) is 10.7. The van der Waals surface area contributed by atoms with E-state index in [4.69, 9.17) is 10.5 Å². The van der Waals surface area contributed by atoms with Crippen molar-refractivity contribution in [1.82, 2.24) is 4.98 Å². The molecular weight excluding hydrogens is 190 g/mol. The molecule has 0 aliphatic rings. The molecule has 0 aliphatic carbocycles. The number of aromatic nitrogens is 1. The summed E-state index contributed by atoms with van der Waals surface area (Å²) in [5, 5.41) is 0. The second kappa shape index (κ2) is 4.32. The van der Waals surface area contributed by atoms with Crippen LogP contribution in [-0.2, 0) is 6.54 Å². The number of rotatable bonds is 3. The number of nitrogens with two attached hydrogens (primary N) is 1. The molecule has 3 nitrogen and oxygen atoms in total. The number of hydrogen-bond donors (Lipinski definition) is 1. The van der Waals surface area contributed by atoms with Gasteiger partial charge in [-0.05, 0) is 18.6 Å². The number of hydrogen-bond acceptors (Lipinski definition) is 3. The highest BCUT2D eigenvalue weighted by atomic mass is 19.3. The molecule has 2 N–H and O–H groups in total. The maximum absolute atomic E-state index is 12.5. The van der Waals surface area contributed by atoms with Crippen LogP contribution in [0.3, 0.4) is 0 Å². The lowest BCUT2D eigenvalue weighted by Crippen LogP contribution is -2.07. The number of nitrogens with zero attached hydrogens (tertiary/aromatic N) is 1. The first-order valence-electron chi connectivity index (χ1n) is 4.12. The first-order valence-corrected chi connectivity index (χ1v) is 4.12. The van der Waals surface area contributed by atoms with Crippen LogP contribution in [0, 0.1) is 6.92 Å².